The van der Waals surface area contributed by atoms with E-state index in [0.717, 1.165) is 10.9 Å². The molecule has 0 atom stereocenters. The van der Waals surface area contributed by atoms with Gasteiger partial charge in [-0.2, -0.15) is 0 Å². The van der Waals surface area contributed by atoms with Gasteiger partial charge >= 0.3 is 12.1 Å². The third-order valence-corrected chi connectivity index (χ3v) is 3.58. The lowest BCUT2D eigenvalue weighted by Gasteiger charge is -2.11. The molecule has 0 bridgehead atoms. The standard InChI is InChI=1S/C19H15NO4/c21-18(22)15-10-4-8-14-9-5-11-16(17(14)15)20-19(23)24-12-13-6-2-1-3-7-13/h1-11H,12H2,(H,20,23)(H,21,22). The van der Waals surface area contributed by atoms with Gasteiger partial charge in [0.15, 0.2) is 0 Å². The number of aromatic carboxylic acids is 1. The van der Waals surface area contributed by atoms with Gasteiger partial charge in [-0.25, -0.2) is 9.59 Å². The van der Waals surface area contributed by atoms with Gasteiger partial charge in [-0.05, 0) is 23.1 Å². The monoisotopic (exact) mass is 321 g/mol. The van der Waals surface area contributed by atoms with Crippen LogP contribution in [-0.2, 0) is 11.3 Å². The fourth-order valence-corrected chi connectivity index (χ4v) is 2.49. The van der Waals surface area contributed by atoms with Crippen molar-refractivity contribution < 1.29 is 19.4 Å². The molecule has 3 aromatic rings. The number of anilines is 1. The second-order valence-corrected chi connectivity index (χ2v) is 5.20. The predicted molar refractivity (Wildman–Crippen MR) is 91.2 cm³/mol. The van der Waals surface area contributed by atoms with E-state index in [1.807, 2.05) is 30.3 Å². The summed E-state index contributed by atoms with van der Waals surface area (Å²) >= 11 is 0. The molecule has 2 N–H and O–H groups in total. The molecule has 0 aliphatic heterocycles. The van der Waals surface area contributed by atoms with Gasteiger partial charge in [-0.3, -0.25) is 5.32 Å². The van der Waals surface area contributed by atoms with Crippen LogP contribution in [0.15, 0.2) is 66.7 Å². The van der Waals surface area contributed by atoms with Crippen LogP contribution >= 0.6 is 0 Å². The van der Waals surface area contributed by atoms with Gasteiger partial charge < -0.3 is 9.84 Å². The molecule has 0 spiro atoms. The van der Waals surface area contributed by atoms with E-state index in [-0.39, 0.29) is 12.2 Å². The normalized spacial score (nSPS) is 10.3. The molecule has 0 saturated heterocycles. The number of ether oxygens (including phenoxy) is 1. The minimum absolute atomic E-state index is 0.131. The van der Waals surface area contributed by atoms with Gasteiger partial charge in [0, 0.05) is 5.39 Å². The maximum Gasteiger partial charge on any atom is 0.411 e. The third kappa shape index (κ3) is 3.35. The van der Waals surface area contributed by atoms with Crippen molar-refractivity contribution in [2.45, 2.75) is 6.61 Å². The summed E-state index contributed by atoms with van der Waals surface area (Å²) in [7, 11) is 0. The summed E-state index contributed by atoms with van der Waals surface area (Å²) in [6, 6.07) is 19.5. The van der Waals surface area contributed by atoms with Gasteiger partial charge in [-0.15, -0.1) is 0 Å². The summed E-state index contributed by atoms with van der Waals surface area (Å²) in [6.45, 7) is 0.142. The second kappa shape index (κ2) is 6.83. The number of benzene rings is 3. The molecule has 0 radical (unpaired) electrons. The first kappa shape index (κ1) is 15.6. The van der Waals surface area contributed by atoms with E-state index in [4.69, 9.17) is 4.74 Å². The van der Waals surface area contributed by atoms with Crippen molar-refractivity contribution >= 4 is 28.5 Å². The number of nitrogens with one attached hydrogen (secondary N) is 1. The van der Waals surface area contributed by atoms with Crippen LogP contribution in [0, 0.1) is 0 Å². The highest BCUT2D eigenvalue weighted by Crippen LogP contribution is 2.27. The summed E-state index contributed by atoms with van der Waals surface area (Å²) in [5, 5.41) is 13.2. The second-order valence-electron chi connectivity index (χ2n) is 5.20. The molecule has 0 aromatic heterocycles. The molecule has 24 heavy (non-hydrogen) atoms. The highest BCUT2D eigenvalue weighted by molar-refractivity contribution is 6.11. The molecular weight excluding hydrogens is 306 g/mol. The summed E-state index contributed by atoms with van der Waals surface area (Å²) in [6.07, 6.45) is -0.633. The van der Waals surface area contributed by atoms with E-state index in [0.29, 0.717) is 11.1 Å². The molecule has 3 rings (SSSR count). The molecule has 0 aliphatic carbocycles. The van der Waals surface area contributed by atoms with E-state index in [9.17, 15) is 14.7 Å². The summed E-state index contributed by atoms with van der Waals surface area (Å²) in [5.74, 6) is -1.05. The first-order valence-electron chi connectivity index (χ1n) is 7.38. The van der Waals surface area contributed by atoms with Gasteiger partial charge in [0.05, 0.1) is 11.3 Å². The Morgan fingerprint density at radius 3 is 2.33 bits per heavy atom. The Morgan fingerprint density at radius 1 is 0.917 bits per heavy atom. The lowest BCUT2D eigenvalue weighted by molar-refractivity contribution is 0.0699. The van der Waals surface area contributed by atoms with Crippen molar-refractivity contribution in [3.63, 3.8) is 0 Å². The number of carboxylic acid groups (broad SMARTS) is 1. The molecule has 0 heterocycles. The topological polar surface area (TPSA) is 75.6 Å². The molecule has 5 heteroatoms. The van der Waals surface area contributed by atoms with E-state index >= 15 is 0 Å². The van der Waals surface area contributed by atoms with Crippen LogP contribution in [0.1, 0.15) is 15.9 Å². The molecule has 1 amide bonds. The average molecular weight is 321 g/mol. The molecule has 120 valence electrons. The number of hydrogen-bond acceptors (Lipinski definition) is 3. The first-order chi connectivity index (χ1) is 11.6. The molecule has 0 saturated carbocycles. The fraction of sp³-hybridized carbons (Fsp3) is 0.0526. The Labute approximate surface area is 138 Å². The van der Waals surface area contributed by atoms with Crippen molar-refractivity contribution in [2.24, 2.45) is 0 Å². The SMILES string of the molecule is O=C(Nc1cccc2cccc(C(=O)O)c12)OCc1ccccc1. The van der Waals surface area contributed by atoms with Gasteiger partial charge in [0.25, 0.3) is 0 Å². The predicted octanol–water partition coefficient (Wildman–Crippen LogP) is 4.29. The van der Waals surface area contributed by atoms with Crippen molar-refractivity contribution in [3.05, 3.63) is 77.9 Å². The third-order valence-electron chi connectivity index (χ3n) is 3.58. The van der Waals surface area contributed by atoms with E-state index in [1.54, 1.807) is 30.3 Å². The van der Waals surface area contributed by atoms with Gasteiger partial charge in [0.2, 0.25) is 0 Å². The molecule has 3 aromatic carbocycles. The number of rotatable bonds is 4. The quantitative estimate of drug-likeness (QED) is 0.752. The zero-order chi connectivity index (χ0) is 16.9. The molecule has 0 aliphatic rings. The maximum absolute atomic E-state index is 12.0. The Bertz CT molecular complexity index is 885. The lowest BCUT2D eigenvalue weighted by atomic mass is 10.0. The Morgan fingerprint density at radius 2 is 1.62 bits per heavy atom. The van der Waals surface area contributed by atoms with Gasteiger partial charge in [-0.1, -0.05) is 54.6 Å². The van der Waals surface area contributed by atoms with Crippen molar-refractivity contribution in [1.82, 2.24) is 0 Å². The number of carbonyl (C=O) groups is 2. The highest BCUT2D eigenvalue weighted by Gasteiger charge is 2.13. The summed E-state index contributed by atoms with van der Waals surface area (Å²) < 4.78 is 5.18. The molecule has 0 fully saturated rings. The average Bonchev–Trinajstić information content (AvgIpc) is 2.60. The first-order valence-corrected chi connectivity index (χ1v) is 7.38. The van der Waals surface area contributed by atoms with E-state index < -0.39 is 12.1 Å². The Balaban J connectivity index is 1.82. The number of fused-ring (bicyclic) bond motifs is 1. The molecule has 5 nitrogen and oxygen atoms in total. The Hall–Kier alpha value is -3.34. The van der Waals surface area contributed by atoms with Crippen LogP contribution in [0.2, 0.25) is 0 Å². The number of carbonyl (C=O) groups excluding carboxylic acids is 1. The summed E-state index contributed by atoms with van der Waals surface area (Å²) in [4.78, 5) is 23.4. The maximum atomic E-state index is 12.0. The number of amides is 1. The Kier molecular flexibility index (Phi) is 4.43. The highest BCUT2D eigenvalue weighted by atomic mass is 16.5. The fourth-order valence-electron chi connectivity index (χ4n) is 2.49. The molecular formula is C19H15NO4. The van der Waals surface area contributed by atoms with E-state index in [1.165, 1.54) is 6.07 Å². The molecule has 0 unspecified atom stereocenters. The smallest absolute Gasteiger partial charge is 0.411 e. The van der Waals surface area contributed by atoms with Gasteiger partial charge in [0.1, 0.15) is 6.61 Å². The summed E-state index contributed by atoms with van der Waals surface area (Å²) in [5.41, 5.74) is 1.41. The van der Waals surface area contributed by atoms with Crippen molar-refractivity contribution in [2.75, 3.05) is 5.32 Å². The largest absolute Gasteiger partial charge is 0.478 e. The zero-order valence-electron chi connectivity index (χ0n) is 12.7. The van der Waals surface area contributed by atoms with Crippen LogP contribution in [0.5, 0.6) is 0 Å². The van der Waals surface area contributed by atoms with E-state index in [2.05, 4.69) is 5.32 Å². The number of hydrogen-bond donors (Lipinski definition) is 2. The zero-order valence-corrected chi connectivity index (χ0v) is 12.7. The number of carboxylic acids is 1. The van der Waals surface area contributed by atoms with Crippen LogP contribution in [0.4, 0.5) is 10.5 Å². The van der Waals surface area contributed by atoms with Crippen LogP contribution in [0.25, 0.3) is 10.8 Å². The minimum atomic E-state index is -1.05. The van der Waals surface area contributed by atoms with Crippen molar-refractivity contribution in [3.8, 4) is 0 Å². The minimum Gasteiger partial charge on any atom is -0.478 e. The van der Waals surface area contributed by atoms with Crippen molar-refractivity contribution in [1.29, 1.82) is 0 Å². The van der Waals surface area contributed by atoms with Crippen LogP contribution in [0.3, 0.4) is 0 Å². The lowest BCUT2D eigenvalue weighted by Crippen LogP contribution is -2.14. The van der Waals surface area contributed by atoms with Crippen LogP contribution in [-0.4, -0.2) is 17.2 Å². The van der Waals surface area contributed by atoms with Crippen LogP contribution < -0.4 is 5.32 Å².